The Morgan fingerprint density at radius 3 is 2.27 bits per heavy atom. The molecule has 3 aromatic rings. The molecule has 0 aliphatic rings. The van der Waals surface area contributed by atoms with Crippen LogP contribution in [-0.4, -0.2) is 33.7 Å². The van der Waals surface area contributed by atoms with E-state index in [0.29, 0.717) is 22.5 Å². The van der Waals surface area contributed by atoms with Crippen LogP contribution in [0.2, 0.25) is 0 Å². The van der Waals surface area contributed by atoms with E-state index in [1.165, 1.54) is 23.7 Å². The van der Waals surface area contributed by atoms with E-state index in [9.17, 15) is 18.0 Å². The van der Waals surface area contributed by atoms with Crippen molar-refractivity contribution in [1.29, 1.82) is 0 Å². The maximum atomic E-state index is 12.6. The van der Waals surface area contributed by atoms with Gasteiger partial charge in [-0.05, 0) is 66.9 Å². The Balaban J connectivity index is 1.78. The fourth-order valence-corrected chi connectivity index (χ4v) is 4.28. The first-order chi connectivity index (χ1) is 15.6. The van der Waals surface area contributed by atoms with Gasteiger partial charge in [0, 0.05) is 11.3 Å². The van der Waals surface area contributed by atoms with Crippen LogP contribution >= 0.6 is 0 Å². The van der Waals surface area contributed by atoms with E-state index in [-0.39, 0.29) is 12.5 Å². The second-order valence-electron chi connectivity index (χ2n) is 7.78. The summed E-state index contributed by atoms with van der Waals surface area (Å²) in [4.78, 5) is 24.3. The highest BCUT2D eigenvalue weighted by molar-refractivity contribution is 7.92. The molecule has 0 saturated heterocycles. The lowest BCUT2D eigenvalue weighted by Crippen LogP contribution is -2.30. The monoisotopic (exact) mass is 466 g/mol. The van der Waals surface area contributed by atoms with E-state index in [4.69, 9.17) is 4.74 Å². The zero-order valence-corrected chi connectivity index (χ0v) is 19.8. The minimum Gasteiger partial charge on any atom is -0.465 e. The number of esters is 1. The number of anilines is 2. The largest absolute Gasteiger partial charge is 0.465 e. The minimum atomic E-state index is -3.52. The summed E-state index contributed by atoms with van der Waals surface area (Å²) in [5.41, 5.74) is 4.39. The third-order valence-electron chi connectivity index (χ3n) is 5.12. The van der Waals surface area contributed by atoms with Crippen molar-refractivity contribution in [3.63, 3.8) is 0 Å². The molecule has 1 N–H and O–H groups in total. The third-order valence-corrected chi connectivity index (χ3v) is 6.24. The fraction of sp³-hybridized carbons (Fsp3) is 0.200. The molecule has 172 valence electrons. The highest BCUT2D eigenvalue weighted by Crippen LogP contribution is 2.26. The van der Waals surface area contributed by atoms with Gasteiger partial charge in [-0.3, -0.25) is 9.10 Å². The summed E-state index contributed by atoms with van der Waals surface area (Å²) in [5.74, 6) is -0.840. The topological polar surface area (TPSA) is 92.8 Å². The molecule has 8 heteroatoms. The first-order valence-corrected chi connectivity index (χ1v) is 12.1. The minimum absolute atomic E-state index is 0.145. The number of hydrogen-bond acceptors (Lipinski definition) is 5. The van der Waals surface area contributed by atoms with Gasteiger partial charge in [-0.2, -0.15) is 0 Å². The van der Waals surface area contributed by atoms with Crippen LogP contribution in [0.1, 0.15) is 37.4 Å². The summed E-state index contributed by atoms with van der Waals surface area (Å²) < 4.78 is 31.1. The van der Waals surface area contributed by atoms with Crippen LogP contribution in [0.25, 0.3) is 0 Å². The predicted octanol–water partition coefficient (Wildman–Crippen LogP) is 4.31. The number of rotatable bonds is 7. The number of aryl methyl sites for hydroxylation is 2. The lowest BCUT2D eigenvalue weighted by atomic mass is 10.1. The van der Waals surface area contributed by atoms with Gasteiger partial charge >= 0.3 is 5.97 Å². The molecule has 0 radical (unpaired) electrons. The van der Waals surface area contributed by atoms with Gasteiger partial charge in [0.1, 0.15) is 0 Å². The van der Waals surface area contributed by atoms with E-state index in [1.807, 2.05) is 32.0 Å². The second kappa shape index (κ2) is 9.87. The maximum Gasteiger partial charge on any atom is 0.337 e. The summed E-state index contributed by atoms with van der Waals surface area (Å²) >= 11 is 0. The molecule has 0 saturated carbocycles. The van der Waals surface area contributed by atoms with Crippen molar-refractivity contribution >= 4 is 33.3 Å². The number of benzene rings is 3. The Morgan fingerprint density at radius 2 is 1.64 bits per heavy atom. The van der Waals surface area contributed by atoms with Crippen molar-refractivity contribution < 1.29 is 22.7 Å². The van der Waals surface area contributed by atoms with Gasteiger partial charge in [0.2, 0.25) is 10.0 Å². The van der Waals surface area contributed by atoms with Gasteiger partial charge in [-0.15, -0.1) is 0 Å². The molecule has 3 aromatic carbocycles. The number of nitrogens with zero attached hydrogens (tertiary/aromatic N) is 1. The molecule has 0 unspecified atom stereocenters. The van der Waals surface area contributed by atoms with Gasteiger partial charge in [-0.1, -0.05) is 30.3 Å². The first kappa shape index (κ1) is 24.0. The average molecular weight is 467 g/mol. The van der Waals surface area contributed by atoms with Crippen molar-refractivity contribution in [2.24, 2.45) is 0 Å². The highest BCUT2D eigenvalue weighted by atomic mass is 32.2. The number of ether oxygens (including phenoxy) is 1. The molecular formula is C25H26N2O5S. The summed E-state index contributed by atoms with van der Waals surface area (Å²) in [7, 11) is -2.23. The Kier molecular flexibility index (Phi) is 7.18. The van der Waals surface area contributed by atoms with Crippen LogP contribution in [0.4, 0.5) is 11.4 Å². The number of amides is 1. The predicted molar refractivity (Wildman–Crippen MR) is 129 cm³/mol. The molecule has 1 amide bonds. The number of sulfonamides is 1. The van der Waals surface area contributed by atoms with E-state index >= 15 is 0 Å². The number of methoxy groups -OCH3 is 1. The van der Waals surface area contributed by atoms with Gasteiger partial charge in [0.05, 0.1) is 31.2 Å². The number of carbonyl (C=O) groups is 2. The van der Waals surface area contributed by atoms with Crippen LogP contribution < -0.4 is 9.62 Å². The molecule has 0 bridgehead atoms. The van der Waals surface area contributed by atoms with Gasteiger partial charge in [0.25, 0.3) is 5.91 Å². The summed E-state index contributed by atoms with van der Waals surface area (Å²) in [5, 5.41) is 2.75. The number of hydrogen-bond donors (Lipinski definition) is 1. The molecule has 7 nitrogen and oxygen atoms in total. The van der Waals surface area contributed by atoms with Gasteiger partial charge in [-0.25, -0.2) is 13.2 Å². The Morgan fingerprint density at radius 1 is 0.939 bits per heavy atom. The fourth-order valence-electron chi connectivity index (χ4n) is 3.34. The van der Waals surface area contributed by atoms with E-state index < -0.39 is 16.0 Å². The summed E-state index contributed by atoms with van der Waals surface area (Å²) in [6.07, 6.45) is 1.18. The van der Waals surface area contributed by atoms with Crippen LogP contribution in [0.5, 0.6) is 0 Å². The normalized spacial score (nSPS) is 11.0. The van der Waals surface area contributed by atoms with Gasteiger partial charge < -0.3 is 10.1 Å². The van der Waals surface area contributed by atoms with Crippen molar-refractivity contribution in [2.45, 2.75) is 20.4 Å². The van der Waals surface area contributed by atoms with Crippen LogP contribution in [0.3, 0.4) is 0 Å². The van der Waals surface area contributed by atoms with Crippen LogP contribution in [0, 0.1) is 13.8 Å². The van der Waals surface area contributed by atoms with Crippen LogP contribution in [-0.2, 0) is 21.3 Å². The quantitative estimate of drug-likeness (QED) is 0.524. The summed E-state index contributed by atoms with van der Waals surface area (Å²) in [6.45, 7) is 3.93. The lowest BCUT2D eigenvalue weighted by Gasteiger charge is -2.25. The Hall–Kier alpha value is -3.65. The standard InChI is InChI=1S/C25H26N2O5S/c1-17-8-9-18(2)23(14-17)27(33(4,30)31)16-19-10-12-20(13-11-19)24(28)26-22-7-5-6-21(15-22)25(29)32-3/h5-15H,16H2,1-4H3,(H,26,28). The first-order valence-electron chi connectivity index (χ1n) is 10.2. The molecule has 0 atom stereocenters. The second-order valence-corrected chi connectivity index (χ2v) is 9.69. The molecule has 0 fully saturated rings. The van der Waals surface area contributed by atoms with Crippen molar-refractivity contribution in [1.82, 2.24) is 0 Å². The van der Waals surface area contributed by atoms with E-state index in [2.05, 4.69) is 5.32 Å². The maximum absolute atomic E-state index is 12.6. The molecular weight excluding hydrogens is 440 g/mol. The van der Waals surface area contributed by atoms with Crippen molar-refractivity contribution in [2.75, 3.05) is 23.0 Å². The van der Waals surface area contributed by atoms with Crippen LogP contribution in [0.15, 0.2) is 66.7 Å². The van der Waals surface area contributed by atoms with Gasteiger partial charge in [0.15, 0.2) is 0 Å². The van der Waals surface area contributed by atoms with Crippen molar-refractivity contribution in [3.05, 3.63) is 94.5 Å². The van der Waals surface area contributed by atoms with E-state index in [1.54, 1.807) is 42.5 Å². The molecule has 0 aliphatic heterocycles. The number of nitrogens with one attached hydrogen (secondary N) is 1. The lowest BCUT2D eigenvalue weighted by molar-refractivity contribution is 0.0600. The molecule has 0 spiro atoms. The third kappa shape index (κ3) is 5.98. The average Bonchev–Trinajstić information content (AvgIpc) is 2.78. The smallest absolute Gasteiger partial charge is 0.337 e. The zero-order chi connectivity index (χ0) is 24.2. The molecule has 0 aliphatic carbocycles. The van der Waals surface area contributed by atoms with E-state index in [0.717, 1.165) is 16.7 Å². The SMILES string of the molecule is COC(=O)c1cccc(NC(=O)c2ccc(CN(c3cc(C)ccc3C)S(C)(=O)=O)cc2)c1. The highest BCUT2D eigenvalue weighted by Gasteiger charge is 2.20. The number of carbonyl (C=O) groups excluding carboxylic acids is 2. The molecule has 33 heavy (non-hydrogen) atoms. The zero-order valence-electron chi connectivity index (χ0n) is 19.0. The molecule has 0 heterocycles. The summed E-state index contributed by atoms with van der Waals surface area (Å²) in [6, 6.07) is 18.9. The van der Waals surface area contributed by atoms with Crippen molar-refractivity contribution in [3.8, 4) is 0 Å². The molecule has 0 aromatic heterocycles. The Bertz CT molecular complexity index is 1280. The Labute approximate surface area is 194 Å². The molecule has 3 rings (SSSR count).